The standard InChI is InChI=1S/C33H43Cl2N3O5S/c1-3-27(22-36(2)44(42,43)28-13-14-28)38-31(23-9-11-25(34)12-10-23)29(24-7-6-8-26(35)19-24)20-33(32(38)41,21-30(39)40)15-18-37-16-4-5-17-37/h6-12,19,27-29,31H,3-5,13-18,20-22H2,1-2H3,(H,39,40)/t27-,29+,31+,33+/m0/s1. The molecule has 0 spiro atoms. The van der Waals surface area contributed by atoms with Crippen LogP contribution in [0, 0.1) is 5.41 Å². The molecule has 2 heterocycles. The first-order chi connectivity index (χ1) is 20.9. The van der Waals surface area contributed by atoms with Crippen LogP contribution in [0.5, 0.6) is 0 Å². The molecule has 240 valence electrons. The van der Waals surface area contributed by atoms with Crippen molar-refractivity contribution < 1.29 is 23.1 Å². The quantitative estimate of drug-likeness (QED) is 0.274. The van der Waals surface area contributed by atoms with Crippen LogP contribution in [0.25, 0.3) is 0 Å². The van der Waals surface area contributed by atoms with E-state index in [1.807, 2.05) is 42.2 Å². The largest absolute Gasteiger partial charge is 0.481 e. The van der Waals surface area contributed by atoms with Crippen LogP contribution in [0.15, 0.2) is 48.5 Å². The number of benzene rings is 2. The maximum atomic E-state index is 15.1. The third-order valence-corrected chi connectivity index (χ3v) is 12.6. The zero-order valence-electron chi connectivity index (χ0n) is 25.5. The van der Waals surface area contributed by atoms with E-state index in [4.69, 9.17) is 23.2 Å². The van der Waals surface area contributed by atoms with Gasteiger partial charge in [0.1, 0.15) is 0 Å². The molecule has 8 nitrogen and oxygen atoms in total. The predicted molar refractivity (Wildman–Crippen MR) is 173 cm³/mol. The lowest BCUT2D eigenvalue weighted by molar-refractivity contribution is -0.163. The maximum Gasteiger partial charge on any atom is 0.304 e. The number of carboxylic acid groups (broad SMARTS) is 1. The Balaban J connectivity index is 1.65. The summed E-state index contributed by atoms with van der Waals surface area (Å²) in [7, 11) is -1.90. The number of halogens is 2. The van der Waals surface area contributed by atoms with Gasteiger partial charge < -0.3 is 14.9 Å². The van der Waals surface area contributed by atoms with Crippen LogP contribution in [0.3, 0.4) is 0 Å². The highest BCUT2D eigenvalue weighted by Crippen LogP contribution is 2.54. The molecule has 1 amide bonds. The molecule has 1 N–H and O–H groups in total. The molecule has 2 aliphatic heterocycles. The van der Waals surface area contributed by atoms with Gasteiger partial charge in [-0.2, -0.15) is 0 Å². The van der Waals surface area contributed by atoms with Crippen LogP contribution in [0.2, 0.25) is 10.0 Å². The molecule has 0 radical (unpaired) electrons. The van der Waals surface area contributed by atoms with E-state index in [9.17, 15) is 18.3 Å². The summed E-state index contributed by atoms with van der Waals surface area (Å²) in [5.74, 6) is -1.53. The average Bonchev–Trinajstić information content (AvgIpc) is 3.73. The van der Waals surface area contributed by atoms with Gasteiger partial charge in [-0.1, -0.05) is 54.4 Å². The van der Waals surface area contributed by atoms with Crippen LogP contribution >= 0.6 is 23.2 Å². The molecule has 0 aromatic heterocycles. The number of carbonyl (C=O) groups excluding carboxylic acids is 1. The van der Waals surface area contributed by atoms with E-state index in [1.165, 1.54) is 4.31 Å². The predicted octanol–water partition coefficient (Wildman–Crippen LogP) is 6.20. The summed E-state index contributed by atoms with van der Waals surface area (Å²) >= 11 is 12.8. The second-order valence-electron chi connectivity index (χ2n) is 12.8. The molecular weight excluding hydrogens is 621 g/mol. The van der Waals surface area contributed by atoms with E-state index in [-0.39, 0.29) is 30.0 Å². The molecule has 1 aliphatic carbocycles. The zero-order chi connectivity index (χ0) is 31.6. The Morgan fingerprint density at radius 1 is 1.07 bits per heavy atom. The molecule has 3 fully saturated rings. The second kappa shape index (κ2) is 13.7. The fraction of sp³-hybridized carbons (Fsp3) is 0.576. The van der Waals surface area contributed by atoms with Gasteiger partial charge in [0.25, 0.3) is 0 Å². The minimum absolute atomic E-state index is 0.128. The molecular formula is C33H43Cl2N3O5S. The minimum atomic E-state index is -3.50. The number of likely N-dealkylation sites (N-methyl/N-ethyl adjacent to an activating group) is 1. The Kier molecular flexibility index (Phi) is 10.3. The maximum absolute atomic E-state index is 15.1. The Bertz CT molecular complexity index is 1450. The molecule has 44 heavy (non-hydrogen) atoms. The van der Waals surface area contributed by atoms with Crippen molar-refractivity contribution in [3.8, 4) is 0 Å². The highest BCUT2D eigenvalue weighted by atomic mass is 35.5. The van der Waals surface area contributed by atoms with Crippen molar-refractivity contribution in [2.75, 3.05) is 33.2 Å². The van der Waals surface area contributed by atoms with E-state index < -0.39 is 33.5 Å². The fourth-order valence-electron chi connectivity index (χ4n) is 7.24. The van der Waals surface area contributed by atoms with Gasteiger partial charge in [0.15, 0.2) is 0 Å². The summed E-state index contributed by atoms with van der Waals surface area (Å²) in [5, 5.41) is 11.0. The van der Waals surface area contributed by atoms with Crippen molar-refractivity contribution in [1.82, 2.24) is 14.1 Å². The summed E-state index contributed by atoms with van der Waals surface area (Å²) < 4.78 is 27.9. The number of piperidine rings is 1. The molecule has 3 aliphatic rings. The summed E-state index contributed by atoms with van der Waals surface area (Å²) in [4.78, 5) is 31.8. The van der Waals surface area contributed by atoms with E-state index in [0.29, 0.717) is 48.7 Å². The smallest absolute Gasteiger partial charge is 0.304 e. The lowest BCUT2D eigenvalue weighted by Gasteiger charge is -2.53. The van der Waals surface area contributed by atoms with Gasteiger partial charge >= 0.3 is 5.97 Å². The van der Waals surface area contributed by atoms with Crippen LogP contribution in [-0.4, -0.2) is 84.0 Å². The zero-order valence-corrected chi connectivity index (χ0v) is 27.8. The number of likely N-dealkylation sites (tertiary alicyclic amines) is 2. The SMILES string of the molecule is CC[C@@H](CN(C)S(=O)(=O)C1CC1)N1C(=O)[C@@](CCN2CCCC2)(CC(=O)O)C[C@H](c2cccc(Cl)c2)[C@H]1c1ccc(Cl)cc1. The summed E-state index contributed by atoms with van der Waals surface area (Å²) in [5.41, 5.74) is 0.605. The van der Waals surface area contributed by atoms with Crippen molar-refractivity contribution in [1.29, 1.82) is 0 Å². The summed E-state index contributed by atoms with van der Waals surface area (Å²) in [6.07, 6.45) is 4.42. The van der Waals surface area contributed by atoms with Crippen molar-refractivity contribution in [3.05, 3.63) is 69.7 Å². The molecule has 2 aromatic carbocycles. The Morgan fingerprint density at radius 2 is 1.75 bits per heavy atom. The minimum Gasteiger partial charge on any atom is -0.481 e. The van der Waals surface area contributed by atoms with Crippen molar-refractivity contribution in [2.45, 2.75) is 81.5 Å². The van der Waals surface area contributed by atoms with Crippen molar-refractivity contribution >= 4 is 45.1 Å². The number of hydrogen-bond acceptors (Lipinski definition) is 5. The Labute approximate surface area is 271 Å². The summed E-state index contributed by atoms with van der Waals surface area (Å²) in [6, 6.07) is 14.0. The molecule has 5 rings (SSSR count). The first-order valence-electron chi connectivity index (χ1n) is 15.7. The number of nitrogens with zero attached hydrogens (tertiary/aromatic N) is 3. The summed E-state index contributed by atoms with van der Waals surface area (Å²) in [6.45, 7) is 4.60. The van der Waals surface area contributed by atoms with E-state index in [1.54, 1.807) is 25.2 Å². The molecule has 1 saturated carbocycles. The molecule has 0 bridgehead atoms. The van der Waals surface area contributed by atoms with Gasteiger partial charge in [0, 0.05) is 35.6 Å². The molecule has 4 atom stereocenters. The van der Waals surface area contributed by atoms with Crippen LogP contribution in [-0.2, 0) is 19.6 Å². The number of amides is 1. The van der Waals surface area contributed by atoms with Gasteiger partial charge in [-0.3, -0.25) is 9.59 Å². The molecule has 11 heteroatoms. The first-order valence-corrected chi connectivity index (χ1v) is 17.9. The average molecular weight is 665 g/mol. The first kappa shape index (κ1) is 33.2. The third kappa shape index (κ3) is 7.12. The molecule has 2 saturated heterocycles. The topological polar surface area (TPSA) is 98.2 Å². The fourth-order valence-corrected chi connectivity index (χ4v) is 9.19. The van der Waals surface area contributed by atoms with Gasteiger partial charge in [-0.25, -0.2) is 12.7 Å². The van der Waals surface area contributed by atoms with Crippen LogP contribution in [0.1, 0.15) is 81.4 Å². The number of hydrogen-bond donors (Lipinski definition) is 1. The van der Waals surface area contributed by atoms with E-state index in [0.717, 1.165) is 37.1 Å². The third-order valence-electron chi connectivity index (χ3n) is 9.78. The molecule has 2 aromatic rings. The Hall–Kier alpha value is -2.17. The molecule has 0 unspecified atom stereocenters. The highest BCUT2D eigenvalue weighted by molar-refractivity contribution is 7.90. The number of rotatable bonds is 13. The van der Waals surface area contributed by atoms with Gasteiger partial charge in [-0.15, -0.1) is 0 Å². The Morgan fingerprint density at radius 3 is 2.34 bits per heavy atom. The number of aliphatic carboxylic acids is 1. The van der Waals surface area contributed by atoms with Crippen LogP contribution < -0.4 is 0 Å². The van der Waals surface area contributed by atoms with Crippen molar-refractivity contribution in [3.63, 3.8) is 0 Å². The van der Waals surface area contributed by atoms with E-state index in [2.05, 4.69) is 4.90 Å². The normalized spacial score (nSPS) is 25.5. The van der Waals surface area contributed by atoms with Gasteiger partial charge in [-0.05, 0) is 100.0 Å². The van der Waals surface area contributed by atoms with Crippen molar-refractivity contribution in [2.24, 2.45) is 5.41 Å². The van der Waals surface area contributed by atoms with Gasteiger partial charge in [0.05, 0.1) is 23.1 Å². The van der Waals surface area contributed by atoms with E-state index >= 15 is 4.79 Å². The lowest BCUT2D eigenvalue weighted by Crippen LogP contribution is -2.59. The monoisotopic (exact) mass is 663 g/mol. The number of carboxylic acids is 1. The lowest BCUT2D eigenvalue weighted by atomic mass is 9.64. The highest BCUT2D eigenvalue weighted by Gasteiger charge is 2.55. The number of carbonyl (C=O) groups is 2. The second-order valence-corrected chi connectivity index (χ2v) is 16.0. The number of sulfonamides is 1. The van der Waals surface area contributed by atoms with Crippen LogP contribution in [0.4, 0.5) is 0 Å². The van der Waals surface area contributed by atoms with Gasteiger partial charge in [0.2, 0.25) is 15.9 Å².